The van der Waals surface area contributed by atoms with Gasteiger partial charge >= 0.3 is 0 Å². The molecule has 0 bridgehead atoms. The number of aliphatic hydroxyl groups excluding tert-OH is 1. The molecule has 1 atom stereocenters. The first-order valence-electron chi connectivity index (χ1n) is 11.7. The maximum Gasteiger partial charge on any atom is 0.251 e. The number of β-amino-alcohol motifs (C(OH)–C–C–N with tert-alkyl or cyclic N) is 1. The van der Waals surface area contributed by atoms with E-state index in [2.05, 4.69) is 56.7 Å². The number of nitrogens with zero attached hydrogens (tertiary/aromatic N) is 3. The highest BCUT2D eigenvalue weighted by atomic mass is 16.3. The summed E-state index contributed by atoms with van der Waals surface area (Å²) in [7, 11) is 2.16. The molecule has 2 aromatic rings. The van der Waals surface area contributed by atoms with Gasteiger partial charge in [0.05, 0.1) is 6.10 Å². The number of benzene rings is 1. The number of carbonyl (C=O) groups excluding carboxylic acids is 1. The van der Waals surface area contributed by atoms with Gasteiger partial charge in [-0.3, -0.25) is 9.69 Å². The van der Waals surface area contributed by atoms with Gasteiger partial charge in [0.15, 0.2) is 0 Å². The third-order valence-corrected chi connectivity index (χ3v) is 6.61. The molecule has 0 saturated carbocycles. The maximum absolute atomic E-state index is 12.6. The normalized spacial score (nSPS) is 18.7. The minimum atomic E-state index is -0.604. The van der Waals surface area contributed by atoms with Crippen molar-refractivity contribution in [2.45, 2.75) is 31.9 Å². The van der Waals surface area contributed by atoms with Crippen LogP contribution in [0.1, 0.15) is 34.3 Å². The van der Waals surface area contributed by atoms with Crippen LogP contribution in [0.15, 0.2) is 42.6 Å². The Balaban J connectivity index is 1.21. The minimum Gasteiger partial charge on any atom is -0.390 e. The lowest BCUT2D eigenvalue weighted by Gasteiger charge is -2.30. The molecular formula is C25H35N5O2. The van der Waals surface area contributed by atoms with E-state index in [0.717, 1.165) is 45.0 Å². The second kappa shape index (κ2) is 10.9. The second-order valence-corrected chi connectivity index (χ2v) is 9.17. The summed E-state index contributed by atoms with van der Waals surface area (Å²) in [5, 5.41) is 16.7. The quantitative estimate of drug-likeness (QED) is 0.586. The van der Waals surface area contributed by atoms with E-state index < -0.39 is 6.10 Å². The number of aliphatic hydroxyl groups is 1. The zero-order chi connectivity index (χ0) is 22.3. The minimum absolute atomic E-state index is 0.183. The number of amides is 1. The van der Waals surface area contributed by atoms with Crippen molar-refractivity contribution in [1.29, 1.82) is 0 Å². The molecule has 7 heteroatoms. The summed E-state index contributed by atoms with van der Waals surface area (Å²) in [5.41, 5.74) is 3.28. The first-order valence-corrected chi connectivity index (χ1v) is 11.7. The van der Waals surface area contributed by atoms with Crippen LogP contribution in [0.2, 0.25) is 0 Å². The monoisotopic (exact) mass is 437 g/mol. The number of aromatic nitrogens is 1. The average molecular weight is 438 g/mol. The van der Waals surface area contributed by atoms with Gasteiger partial charge in [0.2, 0.25) is 0 Å². The summed E-state index contributed by atoms with van der Waals surface area (Å²) < 4.78 is 0. The van der Waals surface area contributed by atoms with Gasteiger partial charge in [0, 0.05) is 44.5 Å². The molecule has 7 nitrogen and oxygen atoms in total. The molecule has 1 amide bonds. The van der Waals surface area contributed by atoms with E-state index in [9.17, 15) is 9.90 Å². The SMILES string of the molecule is CN1CCC(CNc2cc(C(=O)NC[C@H](O)CN3CCc4ccccc4C3)ccn2)CC1. The van der Waals surface area contributed by atoms with E-state index in [1.807, 2.05) is 0 Å². The van der Waals surface area contributed by atoms with Crippen LogP contribution in [-0.4, -0.2) is 78.2 Å². The number of hydrogen-bond acceptors (Lipinski definition) is 6. The molecular weight excluding hydrogens is 402 g/mol. The molecule has 3 N–H and O–H groups in total. The highest BCUT2D eigenvalue weighted by Crippen LogP contribution is 2.19. The molecule has 1 aromatic carbocycles. The van der Waals surface area contributed by atoms with Crippen LogP contribution in [0, 0.1) is 5.92 Å². The molecule has 2 aliphatic heterocycles. The lowest BCUT2D eigenvalue weighted by atomic mass is 9.97. The smallest absolute Gasteiger partial charge is 0.251 e. The molecule has 1 aromatic heterocycles. The van der Waals surface area contributed by atoms with E-state index in [0.29, 0.717) is 18.0 Å². The van der Waals surface area contributed by atoms with Crippen molar-refractivity contribution in [3.05, 3.63) is 59.3 Å². The Morgan fingerprint density at radius 1 is 1.19 bits per heavy atom. The zero-order valence-corrected chi connectivity index (χ0v) is 19.0. The summed E-state index contributed by atoms with van der Waals surface area (Å²) in [6.07, 6.45) is 4.43. The zero-order valence-electron chi connectivity index (χ0n) is 19.0. The number of hydrogen-bond donors (Lipinski definition) is 3. The maximum atomic E-state index is 12.6. The highest BCUT2D eigenvalue weighted by molar-refractivity contribution is 5.94. The van der Waals surface area contributed by atoms with E-state index >= 15 is 0 Å². The molecule has 32 heavy (non-hydrogen) atoms. The van der Waals surface area contributed by atoms with Gasteiger partial charge < -0.3 is 20.6 Å². The summed E-state index contributed by atoms with van der Waals surface area (Å²) in [6.45, 7) is 5.70. The first-order chi connectivity index (χ1) is 15.6. The fourth-order valence-corrected chi connectivity index (χ4v) is 4.57. The second-order valence-electron chi connectivity index (χ2n) is 9.17. The van der Waals surface area contributed by atoms with Crippen molar-refractivity contribution in [2.75, 3.05) is 51.6 Å². The van der Waals surface area contributed by atoms with Gasteiger partial charge in [0.1, 0.15) is 5.82 Å². The Labute approximate surface area is 190 Å². The van der Waals surface area contributed by atoms with Crippen molar-refractivity contribution in [3.63, 3.8) is 0 Å². The van der Waals surface area contributed by atoms with Crippen molar-refractivity contribution in [2.24, 2.45) is 5.92 Å². The van der Waals surface area contributed by atoms with E-state index in [1.54, 1.807) is 18.3 Å². The number of fused-ring (bicyclic) bond motifs is 1. The van der Waals surface area contributed by atoms with E-state index in [1.165, 1.54) is 24.0 Å². The summed E-state index contributed by atoms with van der Waals surface area (Å²) >= 11 is 0. The number of piperidine rings is 1. The van der Waals surface area contributed by atoms with Gasteiger partial charge in [-0.1, -0.05) is 24.3 Å². The van der Waals surface area contributed by atoms with Gasteiger partial charge in [-0.25, -0.2) is 4.98 Å². The van der Waals surface area contributed by atoms with Crippen LogP contribution in [0.25, 0.3) is 0 Å². The van der Waals surface area contributed by atoms with Crippen molar-refractivity contribution < 1.29 is 9.90 Å². The number of carbonyl (C=O) groups is 1. The fourth-order valence-electron chi connectivity index (χ4n) is 4.57. The van der Waals surface area contributed by atoms with Crippen molar-refractivity contribution in [1.82, 2.24) is 20.1 Å². The standard InChI is InChI=1S/C25H35N5O2/c1-29-11-7-19(8-12-29)15-27-24-14-21(6-10-26-24)25(32)28-16-23(31)18-30-13-9-20-4-2-3-5-22(20)17-30/h2-6,10,14,19,23,31H,7-9,11-13,15-18H2,1H3,(H,26,27)(H,28,32)/t23-/m0/s1. The Kier molecular flexibility index (Phi) is 7.73. The molecule has 0 unspecified atom stereocenters. The van der Waals surface area contributed by atoms with Gasteiger partial charge in [0.25, 0.3) is 5.91 Å². The Bertz CT molecular complexity index is 897. The number of anilines is 1. The molecule has 0 aliphatic carbocycles. The third kappa shape index (κ3) is 6.28. The number of nitrogens with one attached hydrogen (secondary N) is 2. The number of pyridine rings is 1. The van der Waals surface area contributed by atoms with Crippen LogP contribution in [0.4, 0.5) is 5.82 Å². The molecule has 0 radical (unpaired) electrons. The van der Waals surface area contributed by atoms with Crippen LogP contribution < -0.4 is 10.6 Å². The summed E-state index contributed by atoms with van der Waals surface area (Å²) in [5.74, 6) is 1.18. The third-order valence-electron chi connectivity index (χ3n) is 6.61. The van der Waals surface area contributed by atoms with Crippen LogP contribution in [-0.2, 0) is 13.0 Å². The topological polar surface area (TPSA) is 80.7 Å². The van der Waals surface area contributed by atoms with Crippen molar-refractivity contribution >= 4 is 11.7 Å². The van der Waals surface area contributed by atoms with Gasteiger partial charge in [-0.05, 0) is 68.6 Å². The number of rotatable bonds is 8. The van der Waals surface area contributed by atoms with Crippen LogP contribution in [0.5, 0.6) is 0 Å². The fraction of sp³-hybridized carbons (Fsp3) is 0.520. The predicted octanol–water partition coefficient (Wildman–Crippen LogP) is 1.98. The average Bonchev–Trinajstić information content (AvgIpc) is 2.82. The molecule has 3 heterocycles. The van der Waals surface area contributed by atoms with Crippen molar-refractivity contribution in [3.8, 4) is 0 Å². The molecule has 172 valence electrons. The van der Waals surface area contributed by atoms with Crippen LogP contribution >= 0.6 is 0 Å². The van der Waals surface area contributed by atoms with Crippen LogP contribution in [0.3, 0.4) is 0 Å². The predicted molar refractivity (Wildman–Crippen MR) is 127 cm³/mol. The van der Waals surface area contributed by atoms with Gasteiger partial charge in [-0.2, -0.15) is 0 Å². The molecule has 2 aliphatic rings. The molecule has 0 spiro atoms. The molecule has 4 rings (SSSR count). The van der Waals surface area contributed by atoms with E-state index in [4.69, 9.17) is 0 Å². The lowest BCUT2D eigenvalue weighted by Crippen LogP contribution is -2.42. The summed E-state index contributed by atoms with van der Waals surface area (Å²) in [6, 6.07) is 12.0. The largest absolute Gasteiger partial charge is 0.390 e. The number of likely N-dealkylation sites (tertiary alicyclic amines) is 1. The molecule has 1 fully saturated rings. The first kappa shape index (κ1) is 22.7. The highest BCUT2D eigenvalue weighted by Gasteiger charge is 2.19. The Hall–Kier alpha value is -2.48. The summed E-state index contributed by atoms with van der Waals surface area (Å²) in [4.78, 5) is 21.6. The lowest BCUT2D eigenvalue weighted by molar-refractivity contribution is 0.0842. The Morgan fingerprint density at radius 2 is 1.97 bits per heavy atom. The molecule has 1 saturated heterocycles. The van der Waals surface area contributed by atoms with E-state index in [-0.39, 0.29) is 12.5 Å². The Morgan fingerprint density at radius 3 is 2.78 bits per heavy atom. The van der Waals surface area contributed by atoms with Gasteiger partial charge in [-0.15, -0.1) is 0 Å².